The number of carbonyl (C=O) groups is 1. The number of nitrogens with one attached hydrogen (secondary N) is 1. The molecule has 0 radical (unpaired) electrons. The van der Waals surface area contributed by atoms with Crippen LogP contribution in [0.5, 0.6) is 0 Å². The van der Waals surface area contributed by atoms with E-state index in [9.17, 15) is 4.79 Å². The van der Waals surface area contributed by atoms with Gasteiger partial charge in [-0.1, -0.05) is 0 Å². The summed E-state index contributed by atoms with van der Waals surface area (Å²) in [6.45, 7) is -0.491. The molecule has 0 atom stereocenters. The van der Waals surface area contributed by atoms with Crippen molar-refractivity contribution in [3.63, 3.8) is 0 Å². The molecule has 5 nitrogen and oxygen atoms in total. The summed E-state index contributed by atoms with van der Waals surface area (Å²) in [6, 6.07) is 8.86. The number of benzene rings is 1. The van der Waals surface area contributed by atoms with Crippen LogP contribution in [0.2, 0.25) is 0 Å². The summed E-state index contributed by atoms with van der Waals surface area (Å²) < 4.78 is 0. The fourth-order valence-corrected chi connectivity index (χ4v) is 1.91. The van der Waals surface area contributed by atoms with Crippen LogP contribution in [0.15, 0.2) is 42.7 Å². The Morgan fingerprint density at radius 1 is 1.32 bits per heavy atom. The predicted molar refractivity (Wildman–Crippen MR) is 70.7 cm³/mol. The van der Waals surface area contributed by atoms with Crippen LogP contribution in [-0.2, 0) is 0 Å². The van der Waals surface area contributed by atoms with Crippen molar-refractivity contribution < 1.29 is 9.90 Å². The van der Waals surface area contributed by atoms with Gasteiger partial charge in [0.25, 0.3) is 0 Å². The van der Waals surface area contributed by atoms with Crippen molar-refractivity contribution >= 4 is 16.8 Å². The first-order chi connectivity index (χ1) is 9.28. The molecule has 0 unspecified atom stereocenters. The van der Waals surface area contributed by atoms with E-state index >= 15 is 0 Å². The Hall–Kier alpha value is -2.53. The molecule has 0 spiro atoms. The largest absolute Gasteiger partial charge is 0.388 e. The number of nitrogens with zero attached hydrogens (tertiary/aromatic N) is 2. The summed E-state index contributed by atoms with van der Waals surface area (Å²) >= 11 is 0. The molecule has 2 aromatic heterocycles. The monoisotopic (exact) mass is 253 g/mol. The summed E-state index contributed by atoms with van der Waals surface area (Å²) in [5, 5.41) is 8.86. The summed E-state index contributed by atoms with van der Waals surface area (Å²) in [7, 11) is 0. The number of aromatic nitrogens is 3. The van der Waals surface area contributed by atoms with Gasteiger partial charge in [-0.2, -0.15) is 0 Å². The van der Waals surface area contributed by atoms with E-state index in [1.165, 1.54) is 0 Å². The van der Waals surface area contributed by atoms with E-state index < -0.39 is 6.61 Å². The van der Waals surface area contributed by atoms with Crippen molar-refractivity contribution in [2.45, 2.75) is 0 Å². The predicted octanol–water partition coefficient (Wildman–Crippen LogP) is 1.80. The Labute approximate surface area is 109 Å². The first-order valence-corrected chi connectivity index (χ1v) is 5.82. The number of fused-ring (bicyclic) bond motifs is 1. The van der Waals surface area contributed by atoms with Gasteiger partial charge in [-0.15, -0.1) is 0 Å². The van der Waals surface area contributed by atoms with Gasteiger partial charge < -0.3 is 10.1 Å². The molecule has 2 N–H and O–H groups in total. The van der Waals surface area contributed by atoms with E-state index in [4.69, 9.17) is 5.11 Å². The minimum atomic E-state index is -0.491. The number of pyridine rings is 1. The minimum Gasteiger partial charge on any atom is -0.388 e. The van der Waals surface area contributed by atoms with Gasteiger partial charge >= 0.3 is 0 Å². The summed E-state index contributed by atoms with van der Waals surface area (Å²) in [5.74, 6) is 0.399. The van der Waals surface area contributed by atoms with Gasteiger partial charge in [-0.3, -0.25) is 9.78 Å². The first-order valence-electron chi connectivity index (χ1n) is 5.82. The first kappa shape index (κ1) is 11.6. The Kier molecular flexibility index (Phi) is 2.81. The fourth-order valence-electron chi connectivity index (χ4n) is 1.91. The van der Waals surface area contributed by atoms with E-state index in [-0.39, 0.29) is 5.78 Å². The zero-order chi connectivity index (χ0) is 13.2. The molecular formula is C14H11N3O2. The number of rotatable bonds is 3. The van der Waals surface area contributed by atoms with E-state index in [0.29, 0.717) is 11.4 Å². The van der Waals surface area contributed by atoms with Crippen molar-refractivity contribution in [2.75, 3.05) is 6.61 Å². The number of ketones is 1. The molecule has 0 aliphatic heterocycles. The molecule has 0 fully saturated rings. The lowest BCUT2D eigenvalue weighted by atomic mass is 10.1. The number of H-pyrrole nitrogens is 1. The molecule has 3 aromatic rings. The standard InChI is InChI=1S/C14H11N3O2/c18-8-13(19)9-3-4-11-12(6-9)17-14(16-11)10-2-1-5-15-7-10/h1-7,18H,8H2,(H,16,17). The maximum atomic E-state index is 11.4. The highest BCUT2D eigenvalue weighted by Crippen LogP contribution is 2.20. The average Bonchev–Trinajstić information content (AvgIpc) is 2.90. The molecular weight excluding hydrogens is 242 g/mol. The van der Waals surface area contributed by atoms with Crippen LogP contribution >= 0.6 is 0 Å². The molecule has 0 aliphatic rings. The van der Waals surface area contributed by atoms with Gasteiger partial charge in [0, 0.05) is 23.5 Å². The third kappa shape index (κ3) is 2.11. The topological polar surface area (TPSA) is 78.9 Å². The van der Waals surface area contributed by atoms with Crippen LogP contribution in [0.1, 0.15) is 10.4 Å². The van der Waals surface area contributed by atoms with Crippen LogP contribution in [0.25, 0.3) is 22.4 Å². The third-order valence-corrected chi connectivity index (χ3v) is 2.88. The highest BCUT2D eigenvalue weighted by atomic mass is 16.3. The quantitative estimate of drug-likeness (QED) is 0.697. The molecule has 0 aliphatic carbocycles. The number of imidazole rings is 1. The Morgan fingerprint density at radius 3 is 2.95 bits per heavy atom. The van der Waals surface area contributed by atoms with Gasteiger partial charge in [0.1, 0.15) is 12.4 Å². The van der Waals surface area contributed by atoms with Crippen LogP contribution in [-0.4, -0.2) is 32.4 Å². The van der Waals surface area contributed by atoms with Crippen molar-refractivity contribution in [1.29, 1.82) is 0 Å². The number of carbonyl (C=O) groups excluding carboxylic acids is 1. The van der Waals surface area contributed by atoms with Crippen molar-refractivity contribution in [2.24, 2.45) is 0 Å². The van der Waals surface area contributed by atoms with E-state index in [1.807, 2.05) is 12.1 Å². The minimum absolute atomic E-state index is 0.306. The molecule has 0 bridgehead atoms. The normalized spacial score (nSPS) is 10.8. The van der Waals surface area contributed by atoms with Crippen LogP contribution in [0.4, 0.5) is 0 Å². The van der Waals surface area contributed by atoms with Crippen molar-refractivity contribution in [1.82, 2.24) is 15.0 Å². The van der Waals surface area contributed by atoms with Crippen LogP contribution in [0.3, 0.4) is 0 Å². The highest BCUT2D eigenvalue weighted by molar-refractivity contribution is 5.99. The summed E-state index contributed by atoms with van der Waals surface area (Å²) in [5.41, 5.74) is 2.89. The summed E-state index contributed by atoms with van der Waals surface area (Å²) in [4.78, 5) is 23.1. The molecule has 94 valence electrons. The highest BCUT2D eigenvalue weighted by Gasteiger charge is 2.09. The summed E-state index contributed by atoms with van der Waals surface area (Å²) in [6.07, 6.45) is 3.42. The van der Waals surface area contributed by atoms with E-state index in [0.717, 1.165) is 16.6 Å². The Bertz CT molecular complexity index is 735. The van der Waals surface area contributed by atoms with Crippen molar-refractivity contribution in [3.8, 4) is 11.4 Å². The Balaban J connectivity index is 2.09. The van der Waals surface area contributed by atoms with E-state index in [2.05, 4.69) is 15.0 Å². The lowest BCUT2D eigenvalue weighted by molar-refractivity contribution is 0.0904. The van der Waals surface area contributed by atoms with E-state index in [1.54, 1.807) is 30.6 Å². The van der Waals surface area contributed by atoms with Gasteiger partial charge in [0.05, 0.1) is 11.0 Å². The van der Waals surface area contributed by atoms with Crippen LogP contribution < -0.4 is 0 Å². The number of hydrogen-bond donors (Lipinski definition) is 2. The number of aromatic amines is 1. The molecule has 3 rings (SSSR count). The average molecular weight is 253 g/mol. The number of Topliss-reactive ketones (excluding diaryl/α,β-unsaturated/α-hetero) is 1. The van der Waals surface area contributed by atoms with Gasteiger partial charge in [-0.05, 0) is 30.3 Å². The second kappa shape index (κ2) is 4.62. The molecule has 2 heterocycles. The second-order valence-corrected chi connectivity index (χ2v) is 4.14. The zero-order valence-corrected chi connectivity index (χ0v) is 10.00. The Morgan fingerprint density at radius 2 is 2.21 bits per heavy atom. The molecule has 19 heavy (non-hydrogen) atoms. The molecule has 5 heteroatoms. The number of aliphatic hydroxyl groups is 1. The van der Waals surface area contributed by atoms with Crippen LogP contribution in [0, 0.1) is 0 Å². The van der Waals surface area contributed by atoms with Gasteiger partial charge in [-0.25, -0.2) is 4.98 Å². The smallest absolute Gasteiger partial charge is 0.188 e. The molecule has 0 saturated carbocycles. The van der Waals surface area contributed by atoms with Crippen molar-refractivity contribution in [3.05, 3.63) is 48.3 Å². The van der Waals surface area contributed by atoms with Gasteiger partial charge in [0.2, 0.25) is 0 Å². The SMILES string of the molecule is O=C(CO)c1ccc2nc(-c3cccnc3)[nH]c2c1. The molecule has 1 aromatic carbocycles. The van der Waals surface area contributed by atoms with Gasteiger partial charge in [0.15, 0.2) is 5.78 Å². The molecule has 0 saturated heterocycles. The maximum absolute atomic E-state index is 11.4. The number of aliphatic hydroxyl groups excluding tert-OH is 1. The number of hydrogen-bond acceptors (Lipinski definition) is 4. The lowest BCUT2D eigenvalue weighted by Gasteiger charge is -1.96. The third-order valence-electron chi connectivity index (χ3n) is 2.88. The fraction of sp³-hybridized carbons (Fsp3) is 0.0714. The molecule has 0 amide bonds. The maximum Gasteiger partial charge on any atom is 0.188 e. The lowest BCUT2D eigenvalue weighted by Crippen LogP contribution is -2.03. The second-order valence-electron chi connectivity index (χ2n) is 4.14. The zero-order valence-electron chi connectivity index (χ0n) is 10.00.